The molecule has 216 valence electrons. The van der Waals surface area contributed by atoms with Crippen molar-refractivity contribution in [1.82, 2.24) is 24.3 Å². The molecule has 0 saturated carbocycles. The summed E-state index contributed by atoms with van der Waals surface area (Å²) in [5.41, 5.74) is 4.16. The number of piperidine rings is 1. The Hall–Kier alpha value is -2.65. The summed E-state index contributed by atoms with van der Waals surface area (Å²) < 4.78 is 3.25. The number of rotatable bonds is 7. The number of amides is 1. The van der Waals surface area contributed by atoms with Crippen molar-refractivity contribution in [3.8, 4) is 0 Å². The third-order valence-corrected chi connectivity index (χ3v) is 8.96. The van der Waals surface area contributed by atoms with Crippen LogP contribution in [0.5, 0.6) is 0 Å². The van der Waals surface area contributed by atoms with Gasteiger partial charge in [0.2, 0.25) is 5.95 Å². The predicted molar refractivity (Wildman–Crippen MR) is 164 cm³/mol. The van der Waals surface area contributed by atoms with Crippen LogP contribution >= 0.6 is 15.9 Å². The van der Waals surface area contributed by atoms with Gasteiger partial charge in [-0.05, 0) is 98.5 Å². The molecular weight excluding hydrogens is 568 g/mol. The Kier molecular flexibility index (Phi) is 8.43. The lowest BCUT2D eigenvalue weighted by Gasteiger charge is -2.44. The lowest BCUT2D eigenvalue weighted by Crippen LogP contribution is -2.57. The largest absolute Gasteiger partial charge is 0.465 e. The first-order valence-electron chi connectivity index (χ1n) is 14.7. The number of nitrogens with zero attached hydrogens (tertiary/aromatic N) is 5. The van der Waals surface area contributed by atoms with Crippen molar-refractivity contribution in [2.45, 2.75) is 90.4 Å². The second-order valence-corrected chi connectivity index (χ2v) is 13.5. The standard InChI is InChI=1S/C31H43BrN6O2/c1-20(2)26(38(30(39)40)31(3,4)5)19-36-17-15-22(16-18-36)33-29-34-23-10-6-7-11-24(23)37(29)25-12-8-9-21-13-14-27(32)35-28(21)25/h6-7,10-11,13-14,20,22,25-26H,8-9,12,15-19H2,1-5H3,(H,33,34)(H,39,40). The van der Waals surface area contributed by atoms with E-state index >= 15 is 0 Å². The molecule has 9 heteroatoms. The number of aromatic nitrogens is 3. The van der Waals surface area contributed by atoms with Gasteiger partial charge in [0.15, 0.2) is 0 Å². The number of benzene rings is 1. The van der Waals surface area contributed by atoms with E-state index in [1.165, 1.54) is 5.56 Å². The molecule has 1 aliphatic carbocycles. The molecule has 2 aliphatic rings. The number of aryl methyl sites for hydroxylation is 1. The number of anilines is 1. The van der Waals surface area contributed by atoms with Gasteiger partial charge >= 0.3 is 6.09 Å². The van der Waals surface area contributed by atoms with E-state index < -0.39 is 11.6 Å². The first kappa shape index (κ1) is 28.9. The monoisotopic (exact) mass is 610 g/mol. The molecule has 5 rings (SSSR count). The number of pyridine rings is 1. The third kappa shape index (κ3) is 6.00. The van der Waals surface area contributed by atoms with Gasteiger partial charge in [-0.15, -0.1) is 0 Å². The summed E-state index contributed by atoms with van der Waals surface area (Å²) in [6.07, 6.45) is 4.36. The van der Waals surface area contributed by atoms with E-state index in [1.54, 1.807) is 4.90 Å². The van der Waals surface area contributed by atoms with Gasteiger partial charge in [0.1, 0.15) is 4.60 Å². The highest BCUT2D eigenvalue weighted by molar-refractivity contribution is 9.10. The van der Waals surface area contributed by atoms with Gasteiger partial charge in [0, 0.05) is 31.2 Å². The Morgan fingerprint density at radius 1 is 1.12 bits per heavy atom. The summed E-state index contributed by atoms with van der Waals surface area (Å²) in [7, 11) is 0. The molecule has 40 heavy (non-hydrogen) atoms. The van der Waals surface area contributed by atoms with Crippen LogP contribution in [0.15, 0.2) is 41.0 Å². The van der Waals surface area contributed by atoms with Crippen molar-refractivity contribution in [2.75, 3.05) is 25.0 Å². The van der Waals surface area contributed by atoms with Crippen LogP contribution in [0.1, 0.15) is 77.6 Å². The quantitative estimate of drug-likeness (QED) is 0.286. The van der Waals surface area contributed by atoms with Crippen molar-refractivity contribution >= 4 is 39.0 Å². The molecule has 1 aliphatic heterocycles. The van der Waals surface area contributed by atoms with Gasteiger partial charge in [-0.2, -0.15) is 0 Å². The highest BCUT2D eigenvalue weighted by Crippen LogP contribution is 2.37. The molecule has 2 unspecified atom stereocenters. The topological polar surface area (TPSA) is 86.5 Å². The Morgan fingerprint density at radius 3 is 2.52 bits per heavy atom. The first-order chi connectivity index (χ1) is 19.0. The number of hydrogen-bond acceptors (Lipinski definition) is 5. The van der Waals surface area contributed by atoms with Crippen molar-refractivity contribution in [1.29, 1.82) is 0 Å². The molecule has 1 aromatic carbocycles. The average molecular weight is 612 g/mol. The zero-order chi connectivity index (χ0) is 28.6. The van der Waals surface area contributed by atoms with E-state index in [4.69, 9.17) is 9.97 Å². The average Bonchev–Trinajstić information content (AvgIpc) is 3.25. The van der Waals surface area contributed by atoms with Gasteiger partial charge in [-0.25, -0.2) is 14.8 Å². The van der Waals surface area contributed by atoms with Crippen LogP contribution in [0.3, 0.4) is 0 Å². The fourth-order valence-corrected chi connectivity index (χ4v) is 6.86. The Morgan fingerprint density at radius 2 is 1.85 bits per heavy atom. The van der Waals surface area contributed by atoms with E-state index in [0.29, 0.717) is 6.04 Å². The molecule has 1 saturated heterocycles. The molecule has 0 spiro atoms. The van der Waals surface area contributed by atoms with Gasteiger partial charge < -0.3 is 19.9 Å². The maximum absolute atomic E-state index is 12.2. The van der Waals surface area contributed by atoms with Crippen molar-refractivity contribution in [3.63, 3.8) is 0 Å². The lowest BCUT2D eigenvalue weighted by atomic mass is 9.91. The predicted octanol–water partition coefficient (Wildman–Crippen LogP) is 6.80. The first-order valence-corrected chi connectivity index (χ1v) is 15.5. The molecular formula is C31H43BrN6O2. The van der Waals surface area contributed by atoms with E-state index in [-0.39, 0.29) is 18.0 Å². The van der Waals surface area contributed by atoms with Crippen molar-refractivity contribution < 1.29 is 9.90 Å². The summed E-state index contributed by atoms with van der Waals surface area (Å²) in [6, 6.07) is 13.0. The normalized spacial score (nSPS) is 19.5. The number of hydrogen-bond donors (Lipinski definition) is 2. The fourth-order valence-electron chi connectivity index (χ4n) is 6.54. The highest BCUT2D eigenvalue weighted by atomic mass is 79.9. The smallest absolute Gasteiger partial charge is 0.408 e. The van der Waals surface area contributed by atoms with Crippen LogP contribution in [0.25, 0.3) is 11.0 Å². The van der Waals surface area contributed by atoms with Crippen molar-refractivity contribution in [2.24, 2.45) is 5.92 Å². The molecule has 3 heterocycles. The molecule has 2 N–H and O–H groups in total. The second kappa shape index (κ2) is 11.7. The number of imidazole rings is 1. The summed E-state index contributed by atoms with van der Waals surface area (Å²) in [5, 5.41) is 13.8. The van der Waals surface area contributed by atoms with Crippen LogP contribution in [-0.4, -0.2) is 72.8 Å². The van der Waals surface area contributed by atoms with E-state index in [0.717, 1.165) is 79.0 Å². The molecule has 8 nitrogen and oxygen atoms in total. The number of likely N-dealkylation sites (tertiary alicyclic amines) is 1. The maximum atomic E-state index is 12.2. The summed E-state index contributed by atoms with van der Waals surface area (Å²) in [6.45, 7) is 12.8. The molecule has 1 amide bonds. The van der Waals surface area contributed by atoms with E-state index in [2.05, 4.69) is 74.9 Å². The van der Waals surface area contributed by atoms with Gasteiger partial charge in [-0.3, -0.25) is 4.90 Å². The number of fused-ring (bicyclic) bond motifs is 2. The summed E-state index contributed by atoms with van der Waals surface area (Å²) in [5.74, 6) is 1.15. The third-order valence-electron chi connectivity index (χ3n) is 8.52. The van der Waals surface area contributed by atoms with Crippen molar-refractivity contribution in [3.05, 3.63) is 52.3 Å². The number of halogens is 1. The Bertz CT molecular complexity index is 1340. The van der Waals surface area contributed by atoms with Gasteiger partial charge in [0.25, 0.3) is 0 Å². The van der Waals surface area contributed by atoms with Crippen LogP contribution in [0, 0.1) is 5.92 Å². The number of carboxylic acid groups (broad SMARTS) is 1. The molecule has 2 atom stereocenters. The van der Waals surface area contributed by atoms with E-state index in [9.17, 15) is 9.90 Å². The minimum Gasteiger partial charge on any atom is -0.465 e. The van der Waals surface area contributed by atoms with Gasteiger partial charge in [0.05, 0.1) is 28.8 Å². The maximum Gasteiger partial charge on any atom is 0.408 e. The number of carbonyl (C=O) groups is 1. The second-order valence-electron chi connectivity index (χ2n) is 12.7. The molecule has 1 fully saturated rings. The summed E-state index contributed by atoms with van der Waals surface area (Å²) in [4.78, 5) is 26.3. The molecule has 0 bridgehead atoms. The molecule has 0 radical (unpaired) electrons. The van der Waals surface area contributed by atoms with Crippen LogP contribution < -0.4 is 5.32 Å². The minimum atomic E-state index is -0.840. The minimum absolute atomic E-state index is 0.0515. The van der Waals surface area contributed by atoms with E-state index in [1.807, 2.05) is 26.8 Å². The number of nitrogens with one attached hydrogen (secondary N) is 1. The zero-order valence-corrected chi connectivity index (χ0v) is 26.0. The molecule has 2 aromatic heterocycles. The Balaban J connectivity index is 1.33. The van der Waals surface area contributed by atoms with Crippen LogP contribution in [-0.2, 0) is 6.42 Å². The van der Waals surface area contributed by atoms with Gasteiger partial charge in [-0.1, -0.05) is 32.0 Å². The Labute approximate surface area is 246 Å². The van der Waals surface area contributed by atoms with Crippen LogP contribution in [0.2, 0.25) is 0 Å². The zero-order valence-electron chi connectivity index (χ0n) is 24.4. The molecule has 3 aromatic rings. The fraction of sp³-hybridized carbons (Fsp3) is 0.581. The SMILES string of the molecule is CC(C)C(CN1CCC(Nc2nc3ccccc3n2C2CCCc3ccc(Br)nc32)CC1)N(C(=O)O)C(C)(C)C. The highest BCUT2D eigenvalue weighted by Gasteiger charge is 2.37. The lowest BCUT2D eigenvalue weighted by molar-refractivity contribution is 0.0336. The summed E-state index contributed by atoms with van der Waals surface area (Å²) >= 11 is 3.60. The number of para-hydroxylation sites is 2. The van der Waals surface area contributed by atoms with Crippen LogP contribution in [0.4, 0.5) is 10.7 Å².